The zero-order chi connectivity index (χ0) is 38.1. The minimum Gasteiger partial charge on any atom is -0.455 e. The number of rotatable bonds is 6. The molecule has 0 spiro atoms. The van der Waals surface area contributed by atoms with Crippen molar-refractivity contribution in [3.63, 3.8) is 0 Å². The fourth-order valence-corrected chi connectivity index (χ4v) is 9.40. The molecule has 11 rings (SSSR count). The Bertz CT molecular complexity index is 3150. The Morgan fingerprint density at radius 3 is 1.82 bits per heavy atom. The van der Waals surface area contributed by atoms with E-state index in [0.29, 0.717) is 0 Å². The van der Waals surface area contributed by atoms with Crippen molar-refractivity contribution in [2.24, 2.45) is 0 Å². The van der Waals surface area contributed by atoms with Gasteiger partial charge in [0, 0.05) is 38.4 Å². The van der Waals surface area contributed by atoms with Crippen molar-refractivity contribution in [1.82, 2.24) is 0 Å². The number of furan rings is 1. The Hall–Kier alpha value is -7.16. The number of fused-ring (bicyclic) bond motifs is 8. The van der Waals surface area contributed by atoms with Crippen LogP contribution >= 0.6 is 0 Å². The average molecular weight is 730 g/mol. The zero-order valence-corrected chi connectivity index (χ0v) is 31.9. The van der Waals surface area contributed by atoms with Crippen LogP contribution in [0.15, 0.2) is 205 Å². The molecule has 1 heterocycles. The van der Waals surface area contributed by atoms with Crippen molar-refractivity contribution in [2.45, 2.75) is 19.3 Å². The summed E-state index contributed by atoms with van der Waals surface area (Å²) >= 11 is 0. The molecule has 2 nitrogen and oxygen atoms in total. The fourth-order valence-electron chi connectivity index (χ4n) is 9.40. The molecule has 1 aliphatic rings. The van der Waals surface area contributed by atoms with E-state index < -0.39 is 0 Å². The maximum Gasteiger partial charge on any atom is 0.143 e. The van der Waals surface area contributed by atoms with Gasteiger partial charge in [0.15, 0.2) is 0 Å². The van der Waals surface area contributed by atoms with E-state index in [1.807, 2.05) is 0 Å². The molecule has 0 atom stereocenters. The highest BCUT2D eigenvalue weighted by atomic mass is 16.3. The van der Waals surface area contributed by atoms with Crippen molar-refractivity contribution in [3.8, 4) is 44.5 Å². The molecule has 0 saturated heterocycles. The molecule has 0 radical (unpaired) electrons. The lowest BCUT2D eigenvalue weighted by molar-refractivity contribution is 0.660. The second-order valence-electron chi connectivity index (χ2n) is 15.6. The van der Waals surface area contributed by atoms with Crippen LogP contribution < -0.4 is 4.90 Å². The Morgan fingerprint density at radius 2 is 1.00 bits per heavy atom. The maximum absolute atomic E-state index is 6.57. The molecule has 0 amide bonds. The van der Waals surface area contributed by atoms with Crippen molar-refractivity contribution >= 4 is 49.8 Å². The second kappa shape index (κ2) is 13.0. The third-order valence-corrected chi connectivity index (χ3v) is 12.1. The summed E-state index contributed by atoms with van der Waals surface area (Å²) in [7, 11) is 0. The predicted molar refractivity (Wildman–Crippen MR) is 240 cm³/mol. The van der Waals surface area contributed by atoms with Crippen LogP contribution in [-0.4, -0.2) is 0 Å². The molecular weight excluding hydrogens is 691 g/mol. The van der Waals surface area contributed by atoms with E-state index in [0.717, 1.165) is 55.5 Å². The number of anilines is 3. The summed E-state index contributed by atoms with van der Waals surface area (Å²) in [5.74, 6) is 0. The molecule has 0 N–H and O–H groups in total. The van der Waals surface area contributed by atoms with E-state index >= 15 is 0 Å². The summed E-state index contributed by atoms with van der Waals surface area (Å²) in [4.78, 5) is 2.45. The Balaban J connectivity index is 1.11. The first-order valence-electron chi connectivity index (χ1n) is 19.8. The first kappa shape index (κ1) is 33.2. The number of hydrogen-bond acceptors (Lipinski definition) is 2. The summed E-state index contributed by atoms with van der Waals surface area (Å²) < 4.78 is 6.57. The number of nitrogens with zero attached hydrogens (tertiary/aromatic N) is 1. The van der Waals surface area contributed by atoms with Crippen LogP contribution in [0.2, 0.25) is 0 Å². The minimum atomic E-state index is -0.0947. The van der Waals surface area contributed by atoms with Gasteiger partial charge in [-0.1, -0.05) is 178 Å². The Morgan fingerprint density at radius 1 is 0.404 bits per heavy atom. The van der Waals surface area contributed by atoms with Crippen molar-refractivity contribution in [1.29, 1.82) is 0 Å². The van der Waals surface area contributed by atoms with Gasteiger partial charge in [-0.25, -0.2) is 0 Å². The number of benzene rings is 9. The van der Waals surface area contributed by atoms with Crippen LogP contribution in [-0.2, 0) is 5.41 Å². The summed E-state index contributed by atoms with van der Waals surface area (Å²) in [6.07, 6.45) is 0. The van der Waals surface area contributed by atoms with E-state index in [1.165, 1.54) is 49.9 Å². The molecule has 57 heavy (non-hydrogen) atoms. The van der Waals surface area contributed by atoms with E-state index in [2.05, 4.69) is 219 Å². The Kier molecular flexibility index (Phi) is 7.55. The van der Waals surface area contributed by atoms with Gasteiger partial charge in [-0.3, -0.25) is 0 Å². The molecule has 0 aliphatic heterocycles. The van der Waals surface area contributed by atoms with Crippen molar-refractivity contribution in [2.75, 3.05) is 4.90 Å². The van der Waals surface area contributed by atoms with Crippen LogP contribution in [0.1, 0.15) is 25.0 Å². The lowest BCUT2D eigenvalue weighted by atomic mass is 9.82. The summed E-state index contributed by atoms with van der Waals surface area (Å²) in [5, 5.41) is 4.59. The van der Waals surface area contributed by atoms with Crippen molar-refractivity contribution in [3.05, 3.63) is 211 Å². The normalized spacial score (nSPS) is 12.9. The molecule has 1 aliphatic carbocycles. The molecule has 0 bridgehead atoms. The molecule has 0 fully saturated rings. The lowest BCUT2D eigenvalue weighted by Crippen LogP contribution is -2.15. The van der Waals surface area contributed by atoms with E-state index in [1.54, 1.807) is 0 Å². The monoisotopic (exact) mass is 729 g/mol. The molecule has 10 aromatic rings. The molecule has 270 valence electrons. The van der Waals surface area contributed by atoms with E-state index in [-0.39, 0.29) is 5.41 Å². The quantitative estimate of drug-likeness (QED) is 0.169. The third kappa shape index (κ3) is 5.18. The first-order valence-corrected chi connectivity index (χ1v) is 19.8. The van der Waals surface area contributed by atoms with Crippen molar-refractivity contribution < 1.29 is 4.42 Å². The molecular formula is C55H39NO. The van der Waals surface area contributed by atoms with Gasteiger partial charge < -0.3 is 9.32 Å². The predicted octanol–water partition coefficient (Wildman–Crippen LogP) is 15.5. The van der Waals surface area contributed by atoms with Gasteiger partial charge in [-0.05, 0) is 86.3 Å². The highest BCUT2D eigenvalue weighted by molar-refractivity contribution is 6.19. The van der Waals surface area contributed by atoms with Crippen LogP contribution in [0.25, 0.3) is 77.2 Å². The summed E-state index contributed by atoms with van der Waals surface area (Å²) in [5.41, 5.74) is 17.5. The largest absolute Gasteiger partial charge is 0.455 e. The second-order valence-corrected chi connectivity index (χ2v) is 15.6. The molecule has 0 unspecified atom stereocenters. The minimum absolute atomic E-state index is 0.0947. The zero-order valence-electron chi connectivity index (χ0n) is 31.9. The van der Waals surface area contributed by atoms with Crippen LogP contribution in [0, 0.1) is 0 Å². The van der Waals surface area contributed by atoms with Gasteiger partial charge in [-0.15, -0.1) is 0 Å². The molecule has 2 heteroatoms. The Labute approximate surface area is 332 Å². The highest BCUT2D eigenvalue weighted by Crippen LogP contribution is 2.54. The average Bonchev–Trinajstić information content (AvgIpc) is 3.77. The topological polar surface area (TPSA) is 16.4 Å². The first-order chi connectivity index (χ1) is 28.1. The van der Waals surface area contributed by atoms with Gasteiger partial charge in [0.25, 0.3) is 0 Å². The van der Waals surface area contributed by atoms with Gasteiger partial charge in [-0.2, -0.15) is 0 Å². The van der Waals surface area contributed by atoms with Gasteiger partial charge >= 0.3 is 0 Å². The maximum atomic E-state index is 6.57. The van der Waals surface area contributed by atoms with Gasteiger partial charge in [0.2, 0.25) is 0 Å². The molecule has 1 aromatic heterocycles. The third-order valence-electron chi connectivity index (χ3n) is 12.1. The highest BCUT2D eigenvalue weighted by Gasteiger charge is 2.37. The molecule has 9 aromatic carbocycles. The standard InChI is InChI=1S/C55H39NO/c1-55(2)47-25-11-8-22-45(47)52-44(24-14-26-48(52)55)43-21-10-13-28-50(43)56(49-27-12-9-19-40(49)36-16-4-3-5-17-36)39-33-30-38(31-34-39)41-23-15-29-51-53(41)46-35-32-37-18-6-7-20-42(37)54(46)57-51/h3-35H,1-2H3. The number of hydrogen-bond donors (Lipinski definition) is 0. The van der Waals surface area contributed by atoms with Crippen LogP contribution in [0.5, 0.6) is 0 Å². The summed E-state index contributed by atoms with van der Waals surface area (Å²) in [6, 6.07) is 72.6. The van der Waals surface area contributed by atoms with E-state index in [4.69, 9.17) is 4.42 Å². The lowest BCUT2D eigenvalue weighted by Gasteiger charge is -2.30. The smallest absolute Gasteiger partial charge is 0.143 e. The number of para-hydroxylation sites is 2. The van der Waals surface area contributed by atoms with Gasteiger partial charge in [0.05, 0.1) is 11.4 Å². The van der Waals surface area contributed by atoms with Crippen LogP contribution in [0.4, 0.5) is 17.1 Å². The van der Waals surface area contributed by atoms with Crippen LogP contribution in [0.3, 0.4) is 0 Å². The van der Waals surface area contributed by atoms with E-state index in [9.17, 15) is 0 Å². The van der Waals surface area contributed by atoms with Gasteiger partial charge in [0.1, 0.15) is 11.2 Å². The molecule has 0 saturated carbocycles. The fraction of sp³-hybridized carbons (Fsp3) is 0.0545. The summed E-state index contributed by atoms with van der Waals surface area (Å²) in [6.45, 7) is 4.71. The SMILES string of the molecule is CC1(C)c2ccccc2-c2c(-c3ccccc3N(c3ccc(-c4cccc5oc6c7ccccc7ccc6c45)cc3)c3ccccc3-c3ccccc3)cccc21.